The van der Waals surface area contributed by atoms with Crippen molar-refractivity contribution in [3.05, 3.63) is 59.2 Å². The molecule has 1 aromatic carbocycles. The van der Waals surface area contributed by atoms with Crippen LogP contribution >= 0.6 is 11.6 Å². The smallest absolute Gasteiger partial charge is 0.179 e. The van der Waals surface area contributed by atoms with E-state index in [1.165, 1.54) is 0 Å². The van der Waals surface area contributed by atoms with Crippen molar-refractivity contribution in [2.75, 3.05) is 37.6 Å². The number of aliphatic hydroxyl groups excluding tert-OH is 1. The second kappa shape index (κ2) is 7.75. The number of hydrogen-bond acceptors (Lipinski definition) is 5. The molecule has 1 aromatic heterocycles. The first-order valence-electron chi connectivity index (χ1n) is 7.98. The molecule has 0 spiro atoms. The molecule has 1 aliphatic rings. The minimum Gasteiger partial charge on any atom is -0.380 e. The number of aliphatic hydroxyl groups is 1. The molecule has 1 aliphatic heterocycles. The molecule has 1 unspecified atom stereocenters. The highest BCUT2D eigenvalue weighted by Crippen LogP contribution is 2.18. The highest BCUT2D eigenvalue weighted by molar-refractivity contribution is 6.30. The molecule has 0 amide bonds. The van der Waals surface area contributed by atoms with Crippen LogP contribution in [0, 0.1) is 0 Å². The molecule has 126 valence electrons. The molecule has 0 radical (unpaired) electrons. The predicted molar refractivity (Wildman–Crippen MR) is 94.3 cm³/mol. The lowest BCUT2D eigenvalue weighted by molar-refractivity contribution is -0.128. The van der Waals surface area contributed by atoms with Gasteiger partial charge in [0, 0.05) is 37.4 Å². The van der Waals surface area contributed by atoms with E-state index in [0.29, 0.717) is 10.6 Å². The van der Waals surface area contributed by atoms with E-state index in [1.54, 1.807) is 30.5 Å². The van der Waals surface area contributed by atoms with Crippen molar-refractivity contribution in [1.29, 1.82) is 0 Å². The van der Waals surface area contributed by atoms with Crippen LogP contribution in [0.15, 0.2) is 48.7 Å². The number of carbonyl (C=O) groups excluding carboxylic acids is 1. The van der Waals surface area contributed by atoms with Crippen molar-refractivity contribution in [3.63, 3.8) is 0 Å². The predicted octanol–water partition coefficient (Wildman–Crippen LogP) is 2.16. The molecule has 1 atom stereocenters. The van der Waals surface area contributed by atoms with Crippen LogP contribution in [0.2, 0.25) is 5.02 Å². The van der Waals surface area contributed by atoms with Crippen LogP contribution in [0.3, 0.4) is 0 Å². The highest BCUT2D eigenvalue weighted by Gasteiger charge is 2.23. The summed E-state index contributed by atoms with van der Waals surface area (Å²) in [5.74, 6) is 0.772. The molecule has 0 saturated carbocycles. The lowest BCUT2D eigenvalue weighted by atomic mass is 10.1. The molecule has 2 heterocycles. The van der Waals surface area contributed by atoms with E-state index in [-0.39, 0.29) is 12.3 Å². The van der Waals surface area contributed by atoms with Gasteiger partial charge in [-0.1, -0.05) is 29.8 Å². The number of pyridine rings is 1. The van der Waals surface area contributed by atoms with Crippen molar-refractivity contribution in [2.45, 2.75) is 6.10 Å². The molecule has 2 aromatic rings. The van der Waals surface area contributed by atoms with Gasteiger partial charge in [-0.2, -0.15) is 0 Å². The van der Waals surface area contributed by atoms with Gasteiger partial charge in [0.1, 0.15) is 11.9 Å². The van der Waals surface area contributed by atoms with E-state index in [0.717, 1.165) is 32.0 Å². The molecule has 3 rings (SSSR count). The molecule has 24 heavy (non-hydrogen) atoms. The van der Waals surface area contributed by atoms with Crippen LogP contribution in [0.4, 0.5) is 5.82 Å². The summed E-state index contributed by atoms with van der Waals surface area (Å²) < 4.78 is 0. The monoisotopic (exact) mass is 345 g/mol. The third-order valence-electron chi connectivity index (χ3n) is 4.22. The molecule has 0 bridgehead atoms. The Kier molecular flexibility index (Phi) is 5.45. The van der Waals surface area contributed by atoms with Crippen molar-refractivity contribution in [3.8, 4) is 0 Å². The molecular formula is C18H20ClN3O2. The molecule has 6 heteroatoms. The van der Waals surface area contributed by atoms with Crippen molar-refractivity contribution >= 4 is 23.2 Å². The minimum absolute atomic E-state index is 0.191. The van der Waals surface area contributed by atoms with Gasteiger partial charge in [-0.15, -0.1) is 0 Å². The van der Waals surface area contributed by atoms with E-state index in [9.17, 15) is 9.90 Å². The molecule has 0 aliphatic carbocycles. The Morgan fingerprint density at radius 2 is 1.83 bits per heavy atom. The SMILES string of the molecule is O=C(CN1CCN(c2ccccn2)CC1)C(O)c1ccc(Cl)cc1. The summed E-state index contributed by atoms with van der Waals surface area (Å²) in [6.07, 6.45) is 0.685. The second-order valence-corrected chi connectivity index (χ2v) is 6.31. The van der Waals surface area contributed by atoms with E-state index in [2.05, 4.69) is 14.8 Å². The van der Waals surface area contributed by atoms with Crippen LogP contribution < -0.4 is 4.90 Å². The number of rotatable bonds is 5. The van der Waals surface area contributed by atoms with E-state index >= 15 is 0 Å². The van der Waals surface area contributed by atoms with E-state index < -0.39 is 6.10 Å². The van der Waals surface area contributed by atoms with Gasteiger partial charge in [0.25, 0.3) is 0 Å². The summed E-state index contributed by atoms with van der Waals surface area (Å²) in [5.41, 5.74) is 0.580. The topological polar surface area (TPSA) is 56.7 Å². The van der Waals surface area contributed by atoms with Gasteiger partial charge >= 0.3 is 0 Å². The summed E-state index contributed by atoms with van der Waals surface area (Å²) in [6.45, 7) is 3.44. The quantitative estimate of drug-likeness (QED) is 0.900. The maximum absolute atomic E-state index is 12.3. The number of benzene rings is 1. The van der Waals surface area contributed by atoms with Gasteiger partial charge in [0.15, 0.2) is 5.78 Å². The van der Waals surface area contributed by atoms with Gasteiger partial charge in [0.2, 0.25) is 0 Å². The van der Waals surface area contributed by atoms with Crippen LogP contribution in [-0.2, 0) is 4.79 Å². The third-order valence-corrected chi connectivity index (χ3v) is 4.47. The summed E-state index contributed by atoms with van der Waals surface area (Å²) in [5, 5.41) is 10.8. The van der Waals surface area contributed by atoms with Crippen LogP contribution in [0.1, 0.15) is 11.7 Å². The fraction of sp³-hybridized carbons (Fsp3) is 0.333. The van der Waals surface area contributed by atoms with E-state index in [1.807, 2.05) is 18.2 Å². The minimum atomic E-state index is -1.10. The summed E-state index contributed by atoms with van der Waals surface area (Å²) in [6, 6.07) is 12.6. The molecule has 1 N–H and O–H groups in total. The fourth-order valence-electron chi connectivity index (χ4n) is 2.81. The largest absolute Gasteiger partial charge is 0.380 e. The fourth-order valence-corrected chi connectivity index (χ4v) is 2.94. The Balaban J connectivity index is 1.52. The molecule has 1 saturated heterocycles. The number of piperazine rings is 1. The van der Waals surface area contributed by atoms with Gasteiger partial charge in [-0.25, -0.2) is 4.98 Å². The van der Waals surface area contributed by atoms with Crippen molar-refractivity contribution in [2.24, 2.45) is 0 Å². The van der Waals surface area contributed by atoms with Crippen LogP contribution in [0.25, 0.3) is 0 Å². The first kappa shape index (κ1) is 16.9. The maximum Gasteiger partial charge on any atom is 0.179 e. The Morgan fingerprint density at radius 1 is 1.12 bits per heavy atom. The number of hydrogen-bond donors (Lipinski definition) is 1. The normalized spacial score (nSPS) is 16.8. The van der Waals surface area contributed by atoms with Gasteiger partial charge in [-0.3, -0.25) is 9.69 Å². The van der Waals surface area contributed by atoms with Crippen LogP contribution in [-0.4, -0.2) is 53.5 Å². The average molecular weight is 346 g/mol. The number of anilines is 1. The van der Waals surface area contributed by atoms with E-state index in [4.69, 9.17) is 11.6 Å². The number of aromatic nitrogens is 1. The first-order valence-corrected chi connectivity index (χ1v) is 8.36. The lowest BCUT2D eigenvalue weighted by Crippen LogP contribution is -2.48. The Hall–Kier alpha value is -1.95. The number of Topliss-reactive ketones (excluding diaryl/α,β-unsaturated/α-hetero) is 1. The second-order valence-electron chi connectivity index (χ2n) is 5.87. The van der Waals surface area contributed by atoms with Gasteiger partial charge < -0.3 is 10.0 Å². The average Bonchev–Trinajstić information content (AvgIpc) is 2.63. The van der Waals surface area contributed by atoms with Crippen LogP contribution in [0.5, 0.6) is 0 Å². The van der Waals surface area contributed by atoms with Crippen molar-refractivity contribution < 1.29 is 9.90 Å². The highest BCUT2D eigenvalue weighted by atomic mass is 35.5. The number of nitrogens with zero attached hydrogens (tertiary/aromatic N) is 3. The number of carbonyl (C=O) groups is 1. The van der Waals surface area contributed by atoms with Crippen molar-refractivity contribution in [1.82, 2.24) is 9.88 Å². The zero-order chi connectivity index (χ0) is 16.9. The number of halogens is 1. The summed E-state index contributed by atoms with van der Waals surface area (Å²) in [4.78, 5) is 20.9. The maximum atomic E-state index is 12.3. The third kappa shape index (κ3) is 4.12. The zero-order valence-electron chi connectivity index (χ0n) is 13.3. The summed E-state index contributed by atoms with van der Waals surface area (Å²) in [7, 11) is 0. The standard InChI is InChI=1S/C18H20ClN3O2/c19-15-6-4-14(5-7-15)18(24)16(23)13-21-9-11-22(12-10-21)17-3-1-2-8-20-17/h1-8,18,24H,9-13H2. The lowest BCUT2D eigenvalue weighted by Gasteiger charge is -2.35. The first-order chi connectivity index (χ1) is 11.6. The summed E-state index contributed by atoms with van der Waals surface area (Å²) >= 11 is 5.83. The molecule has 1 fully saturated rings. The Labute approximate surface area is 146 Å². The number of ketones is 1. The Morgan fingerprint density at radius 3 is 2.46 bits per heavy atom. The molecular weight excluding hydrogens is 326 g/mol. The zero-order valence-corrected chi connectivity index (χ0v) is 14.1. The molecule has 5 nitrogen and oxygen atoms in total. The Bertz CT molecular complexity index is 670. The van der Waals surface area contributed by atoms with Gasteiger partial charge in [0.05, 0.1) is 6.54 Å². The van der Waals surface area contributed by atoms with Gasteiger partial charge in [-0.05, 0) is 29.8 Å².